The van der Waals surface area contributed by atoms with Crippen molar-refractivity contribution in [3.63, 3.8) is 0 Å². The minimum Gasteiger partial charge on any atom is -0.486 e. The van der Waals surface area contributed by atoms with Gasteiger partial charge in [0.05, 0.1) is 11.6 Å². The second-order valence-corrected chi connectivity index (χ2v) is 4.58. The largest absolute Gasteiger partial charge is 0.486 e. The van der Waals surface area contributed by atoms with Crippen molar-refractivity contribution < 1.29 is 9.13 Å². The number of nitrogens with zero attached hydrogens (tertiary/aromatic N) is 1. The average Bonchev–Trinajstić information content (AvgIpc) is 2.46. The summed E-state index contributed by atoms with van der Waals surface area (Å²) < 4.78 is 19.3. The molecule has 0 heterocycles. The molecule has 0 fully saturated rings. The molecular weight excluding hydrogens is 255 g/mol. The van der Waals surface area contributed by atoms with Gasteiger partial charge in [-0.1, -0.05) is 18.2 Å². The Hall–Kier alpha value is -2.38. The average molecular weight is 270 g/mol. The molecular formula is C16H15FN2O. The molecule has 3 nitrogen and oxygen atoms in total. The predicted octanol–water partition coefficient (Wildman–Crippen LogP) is 3.30. The Bertz CT molecular complexity index is 647. The topological polar surface area (TPSA) is 59.0 Å². The second-order valence-electron chi connectivity index (χ2n) is 4.58. The number of ether oxygens (including phenoxy) is 1. The van der Waals surface area contributed by atoms with Crippen molar-refractivity contribution in [3.8, 4) is 11.8 Å². The number of nitriles is 1. The molecule has 0 unspecified atom stereocenters. The molecule has 102 valence electrons. The zero-order valence-corrected chi connectivity index (χ0v) is 11.1. The molecule has 0 bridgehead atoms. The first kappa shape index (κ1) is 14.0. The minimum atomic E-state index is -0.434. The highest BCUT2D eigenvalue weighted by Crippen LogP contribution is 2.22. The first-order chi connectivity index (χ1) is 9.60. The fourth-order valence-electron chi connectivity index (χ4n) is 1.81. The molecule has 0 amide bonds. The number of rotatable bonds is 4. The van der Waals surface area contributed by atoms with Crippen LogP contribution in [-0.2, 0) is 6.61 Å². The zero-order chi connectivity index (χ0) is 14.5. The third kappa shape index (κ3) is 3.34. The van der Waals surface area contributed by atoms with Gasteiger partial charge in [-0.15, -0.1) is 0 Å². The molecule has 0 aromatic heterocycles. The van der Waals surface area contributed by atoms with Crippen LogP contribution in [0.15, 0.2) is 42.5 Å². The standard InChI is InChI=1S/C16H15FN2O/c1-11(19)14-5-6-16(15(17)8-14)20-10-13-4-2-3-12(7-13)9-18/h2-8,11H,10,19H2,1H3/t11-/m0/s1. The summed E-state index contributed by atoms with van der Waals surface area (Å²) in [5, 5.41) is 8.81. The Morgan fingerprint density at radius 2 is 2.10 bits per heavy atom. The van der Waals surface area contributed by atoms with Gasteiger partial charge < -0.3 is 10.5 Å². The maximum Gasteiger partial charge on any atom is 0.165 e. The van der Waals surface area contributed by atoms with Gasteiger partial charge in [0, 0.05) is 6.04 Å². The van der Waals surface area contributed by atoms with Crippen molar-refractivity contribution in [1.29, 1.82) is 5.26 Å². The number of benzene rings is 2. The summed E-state index contributed by atoms with van der Waals surface area (Å²) in [4.78, 5) is 0. The fourth-order valence-corrected chi connectivity index (χ4v) is 1.81. The summed E-state index contributed by atoms with van der Waals surface area (Å²) in [6.07, 6.45) is 0. The molecule has 0 radical (unpaired) electrons. The molecule has 0 aliphatic carbocycles. The van der Waals surface area contributed by atoms with Crippen LogP contribution >= 0.6 is 0 Å². The third-order valence-corrected chi connectivity index (χ3v) is 2.93. The lowest BCUT2D eigenvalue weighted by atomic mass is 10.1. The Morgan fingerprint density at radius 3 is 2.75 bits per heavy atom. The van der Waals surface area contributed by atoms with Gasteiger partial charge in [0.25, 0.3) is 0 Å². The zero-order valence-electron chi connectivity index (χ0n) is 11.1. The van der Waals surface area contributed by atoms with E-state index in [1.165, 1.54) is 6.07 Å². The van der Waals surface area contributed by atoms with Crippen LogP contribution in [-0.4, -0.2) is 0 Å². The lowest BCUT2D eigenvalue weighted by Gasteiger charge is -2.10. The van der Waals surface area contributed by atoms with Crippen molar-refractivity contribution in [2.75, 3.05) is 0 Å². The Morgan fingerprint density at radius 1 is 1.30 bits per heavy atom. The highest BCUT2D eigenvalue weighted by atomic mass is 19.1. The molecule has 4 heteroatoms. The highest BCUT2D eigenvalue weighted by molar-refractivity contribution is 5.34. The summed E-state index contributed by atoms with van der Waals surface area (Å²) in [5.41, 5.74) is 7.79. The fraction of sp³-hybridized carbons (Fsp3) is 0.188. The summed E-state index contributed by atoms with van der Waals surface area (Å²) in [7, 11) is 0. The van der Waals surface area contributed by atoms with E-state index in [2.05, 4.69) is 6.07 Å². The molecule has 20 heavy (non-hydrogen) atoms. The van der Waals surface area contributed by atoms with Gasteiger partial charge in [0.15, 0.2) is 11.6 Å². The maximum absolute atomic E-state index is 13.8. The number of halogens is 1. The van der Waals surface area contributed by atoms with E-state index in [4.69, 9.17) is 15.7 Å². The molecule has 2 aromatic carbocycles. The summed E-state index contributed by atoms with van der Waals surface area (Å²) in [5.74, 6) is -0.256. The van der Waals surface area contributed by atoms with Crippen LogP contribution < -0.4 is 10.5 Å². The molecule has 2 N–H and O–H groups in total. The maximum atomic E-state index is 13.8. The quantitative estimate of drug-likeness (QED) is 0.927. The van der Waals surface area contributed by atoms with Crippen LogP contribution in [0.3, 0.4) is 0 Å². The van der Waals surface area contributed by atoms with Crippen LogP contribution in [0.2, 0.25) is 0 Å². The Kier molecular flexibility index (Phi) is 4.34. The second kappa shape index (κ2) is 6.18. The minimum absolute atomic E-state index is 0.178. The van der Waals surface area contributed by atoms with Crippen LogP contribution in [0.1, 0.15) is 29.7 Å². The molecule has 2 rings (SSSR count). The molecule has 0 aliphatic rings. The molecule has 1 atom stereocenters. The van der Waals surface area contributed by atoms with E-state index in [1.807, 2.05) is 6.07 Å². The van der Waals surface area contributed by atoms with E-state index in [1.54, 1.807) is 37.3 Å². The van der Waals surface area contributed by atoms with Crippen LogP contribution in [0.4, 0.5) is 4.39 Å². The predicted molar refractivity (Wildman–Crippen MR) is 74.5 cm³/mol. The SMILES string of the molecule is C[C@H](N)c1ccc(OCc2cccc(C#N)c2)c(F)c1. The lowest BCUT2D eigenvalue weighted by Crippen LogP contribution is -2.06. The molecule has 2 aromatic rings. The number of hydrogen-bond donors (Lipinski definition) is 1. The van der Waals surface area contributed by atoms with Gasteiger partial charge in [-0.05, 0) is 42.3 Å². The van der Waals surface area contributed by atoms with Gasteiger partial charge in [-0.25, -0.2) is 4.39 Å². The van der Waals surface area contributed by atoms with Crippen LogP contribution in [0, 0.1) is 17.1 Å². The monoisotopic (exact) mass is 270 g/mol. The highest BCUT2D eigenvalue weighted by Gasteiger charge is 2.07. The summed E-state index contributed by atoms with van der Waals surface area (Å²) in [6.45, 7) is 2.01. The molecule has 0 saturated heterocycles. The first-order valence-electron chi connectivity index (χ1n) is 6.27. The van der Waals surface area contributed by atoms with Gasteiger partial charge in [0.2, 0.25) is 0 Å². The van der Waals surface area contributed by atoms with Crippen molar-refractivity contribution in [2.45, 2.75) is 19.6 Å². The third-order valence-electron chi connectivity index (χ3n) is 2.93. The Labute approximate surface area is 117 Å². The molecule has 0 saturated carbocycles. The van der Waals surface area contributed by atoms with Crippen LogP contribution in [0.5, 0.6) is 5.75 Å². The smallest absolute Gasteiger partial charge is 0.165 e. The van der Waals surface area contributed by atoms with Crippen molar-refractivity contribution in [1.82, 2.24) is 0 Å². The molecule has 0 aliphatic heterocycles. The van der Waals surface area contributed by atoms with E-state index in [0.29, 0.717) is 5.56 Å². The lowest BCUT2D eigenvalue weighted by molar-refractivity contribution is 0.290. The number of nitrogens with two attached hydrogens (primary N) is 1. The van der Waals surface area contributed by atoms with E-state index in [-0.39, 0.29) is 18.4 Å². The van der Waals surface area contributed by atoms with Crippen molar-refractivity contribution in [3.05, 3.63) is 65.0 Å². The van der Waals surface area contributed by atoms with E-state index in [0.717, 1.165) is 11.1 Å². The van der Waals surface area contributed by atoms with Gasteiger partial charge in [-0.3, -0.25) is 0 Å². The van der Waals surface area contributed by atoms with E-state index >= 15 is 0 Å². The molecule has 0 spiro atoms. The van der Waals surface area contributed by atoms with Crippen molar-refractivity contribution >= 4 is 0 Å². The summed E-state index contributed by atoms with van der Waals surface area (Å²) in [6, 6.07) is 13.6. The normalized spacial score (nSPS) is 11.7. The van der Waals surface area contributed by atoms with Gasteiger partial charge in [-0.2, -0.15) is 5.26 Å². The van der Waals surface area contributed by atoms with Crippen LogP contribution in [0.25, 0.3) is 0 Å². The van der Waals surface area contributed by atoms with E-state index in [9.17, 15) is 4.39 Å². The van der Waals surface area contributed by atoms with Crippen molar-refractivity contribution in [2.24, 2.45) is 5.73 Å². The number of hydrogen-bond acceptors (Lipinski definition) is 3. The first-order valence-corrected chi connectivity index (χ1v) is 6.27. The van der Waals surface area contributed by atoms with Gasteiger partial charge in [0.1, 0.15) is 6.61 Å². The van der Waals surface area contributed by atoms with Gasteiger partial charge >= 0.3 is 0 Å². The Balaban J connectivity index is 2.09. The van der Waals surface area contributed by atoms with E-state index < -0.39 is 5.82 Å². The summed E-state index contributed by atoms with van der Waals surface area (Å²) >= 11 is 0.